The van der Waals surface area contributed by atoms with E-state index in [9.17, 15) is 9.59 Å². The lowest BCUT2D eigenvalue weighted by atomic mass is 9.90. The smallest absolute Gasteiger partial charge is 0.268 e. The van der Waals surface area contributed by atoms with Gasteiger partial charge in [-0.2, -0.15) is 0 Å². The molecule has 186 valence electrons. The van der Waals surface area contributed by atoms with E-state index in [1.54, 1.807) is 17.6 Å². The maximum absolute atomic E-state index is 13.2. The minimum absolute atomic E-state index is 0.0633. The number of aromatic nitrogens is 2. The van der Waals surface area contributed by atoms with Crippen molar-refractivity contribution in [1.29, 1.82) is 0 Å². The molecule has 0 radical (unpaired) electrons. The van der Waals surface area contributed by atoms with Gasteiger partial charge in [0.1, 0.15) is 11.3 Å². The number of rotatable bonds is 9. The van der Waals surface area contributed by atoms with Crippen molar-refractivity contribution in [3.63, 3.8) is 0 Å². The van der Waals surface area contributed by atoms with Gasteiger partial charge in [-0.15, -0.1) is 0 Å². The molecule has 0 aliphatic carbocycles. The molecular formula is C28H36N4O3. The third-order valence-corrected chi connectivity index (χ3v) is 6.77. The highest BCUT2D eigenvalue weighted by Gasteiger charge is 2.23. The summed E-state index contributed by atoms with van der Waals surface area (Å²) in [5.41, 5.74) is 3.09. The molecule has 1 saturated heterocycles. The number of methoxy groups -OCH3 is 1. The maximum Gasteiger partial charge on any atom is 0.268 e. The number of pyridine rings is 1. The lowest BCUT2D eigenvalue weighted by Gasteiger charge is -2.31. The van der Waals surface area contributed by atoms with E-state index in [2.05, 4.69) is 36.3 Å². The Morgan fingerprint density at radius 3 is 2.51 bits per heavy atom. The molecule has 7 heteroatoms. The number of amides is 2. The van der Waals surface area contributed by atoms with Gasteiger partial charge in [-0.3, -0.25) is 14.0 Å². The molecule has 4 rings (SSSR count). The van der Waals surface area contributed by atoms with E-state index in [1.165, 1.54) is 5.56 Å². The predicted molar refractivity (Wildman–Crippen MR) is 136 cm³/mol. The highest BCUT2D eigenvalue weighted by atomic mass is 16.5. The Hall–Kier alpha value is -3.19. The van der Waals surface area contributed by atoms with Crippen LogP contribution in [0.25, 0.3) is 5.65 Å². The summed E-state index contributed by atoms with van der Waals surface area (Å²) in [6, 6.07) is 15.8. The zero-order valence-electron chi connectivity index (χ0n) is 20.9. The number of benzene rings is 1. The number of carbonyl (C=O) groups excluding carboxylic acids is 2. The van der Waals surface area contributed by atoms with Crippen molar-refractivity contribution in [2.45, 2.75) is 51.6 Å². The van der Waals surface area contributed by atoms with E-state index in [4.69, 9.17) is 4.74 Å². The Bertz CT molecular complexity index is 1130. The summed E-state index contributed by atoms with van der Waals surface area (Å²) in [7, 11) is 1.72. The summed E-state index contributed by atoms with van der Waals surface area (Å²) in [6.45, 7) is 6.38. The van der Waals surface area contributed by atoms with Crippen LogP contribution in [-0.2, 0) is 16.0 Å². The van der Waals surface area contributed by atoms with Crippen LogP contribution in [0.3, 0.4) is 0 Å². The Morgan fingerprint density at radius 2 is 1.83 bits per heavy atom. The van der Waals surface area contributed by atoms with Gasteiger partial charge < -0.3 is 15.0 Å². The fourth-order valence-corrected chi connectivity index (χ4v) is 4.88. The van der Waals surface area contributed by atoms with Crippen molar-refractivity contribution >= 4 is 17.5 Å². The molecule has 1 aliphatic rings. The number of nitrogens with zero attached hydrogens (tertiary/aromatic N) is 3. The van der Waals surface area contributed by atoms with Gasteiger partial charge in [-0.25, -0.2) is 4.98 Å². The molecule has 2 aromatic heterocycles. The zero-order chi connectivity index (χ0) is 24.8. The summed E-state index contributed by atoms with van der Waals surface area (Å²) in [4.78, 5) is 32.5. The average molecular weight is 477 g/mol. The summed E-state index contributed by atoms with van der Waals surface area (Å²) in [5.74, 6) is 0.692. The number of carbonyl (C=O) groups is 2. The van der Waals surface area contributed by atoms with E-state index in [1.807, 2.05) is 41.4 Å². The van der Waals surface area contributed by atoms with Crippen molar-refractivity contribution < 1.29 is 14.3 Å². The van der Waals surface area contributed by atoms with Crippen molar-refractivity contribution in [1.82, 2.24) is 19.6 Å². The number of nitrogens with one attached hydrogen (secondary N) is 1. The van der Waals surface area contributed by atoms with Gasteiger partial charge in [0.25, 0.3) is 5.91 Å². The van der Waals surface area contributed by atoms with Gasteiger partial charge in [-0.1, -0.05) is 50.2 Å². The molecule has 1 N–H and O–H groups in total. The highest BCUT2D eigenvalue weighted by Crippen LogP contribution is 2.23. The quantitative estimate of drug-likeness (QED) is 0.505. The molecule has 7 nitrogen and oxygen atoms in total. The first-order valence-electron chi connectivity index (χ1n) is 12.5. The molecule has 3 aromatic rings. The Labute approximate surface area is 207 Å². The number of hydrogen-bond acceptors (Lipinski definition) is 4. The second-order valence-electron chi connectivity index (χ2n) is 9.81. The molecule has 2 amide bonds. The Balaban J connectivity index is 1.43. The first-order chi connectivity index (χ1) is 16.9. The van der Waals surface area contributed by atoms with Gasteiger partial charge in [0, 0.05) is 38.9 Å². The van der Waals surface area contributed by atoms with Crippen LogP contribution >= 0.6 is 0 Å². The zero-order valence-corrected chi connectivity index (χ0v) is 20.9. The molecule has 35 heavy (non-hydrogen) atoms. The number of piperidine rings is 1. The third-order valence-electron chi connectivity index (χ3n) is 6.77. The standard InChI is InChI=1S/C28H36N4O3/c1-20(2)16-22(21-8-5-4-6-9-21)18-29-28(34)25-10-7-11-26-30-23(19-32(25)26)17-27(33)31-14-12-24(35-3)13-15-31/h4-11,19-20,22,24H,12-18H2,1-3H3,(H,29,34). The number of fused-ring (bicyclic) bond motifs is 1. The minimum atomic E-state index is -0.141. The first kappa shape index (κ1) is 24.9. The van der Waals surface area contributed by atoms with Crippen molar-refractivity contribution in [2.75, 3.05) is 26.7 Å². The second-order valence-corrected chi connectivity index (χ2v) is 9.81. The number of hydrogen-bond donors (Lipinski definition) is 1. The number of imidazole rings is 1. The summed E-state index contributed by atoms with van der Waals surface area (Å²) in [6.07, 6.45) is 4.99. The van der Waals surface area contributed by atoms with Crippen LogP contribution in [0.4, 0.5) is 0 Å². The average Bonchev–Trinajstić information content (AvgIpc) is 3.29. The van der Waals surface area contributed by atoms with Gasteiger partial charge in [0.05, 0.1) is 18.2 Å². The molecule has 1 unspecified atom stereocenters. The Kier molecular flexibility index (Phi) is 8.18. The molecule has 0 saturated carbocycles. The third kappa shape index (κ3) is 6.28. The number of likely N-dealkylation sites (tertiary alicyclic amines) is 1. The van der Waals surface area contributed by atoms with Crippen molar-refractivity contribution in [2.24, 2.45) is 5.92 Å². The van der Waals surface area contributed by atoms with Crippen LogP contribution < -0.4 is 5.32 Å². The normalized spacial score (nSPS) is 15.5. The molecule has 0 bridgehead atoms. The van der Waals surface area contributed by atoms with Gasteiger partial charge >= 0.3 is 0 Å². The maximum atomic E-state index is 13.2. The minimum Gasteiger partial charge on any atom is -0.381 e. The van der Waals surface area contributed by atoms with E-state index < -0.39 is 0 Å². The Morgan fingerprint density at radius 1 is 1.09 bits per heavy atom. The first-order valence-corrected chi connectivity index (χ1v) is 12.5. The molecular weight excluding hydrogens is 440 g/mol. The lowest BCUT2D eigenvalue weighted by Crippen LogP contribution is -2.41. The van der Waals surface area contributed by atoms with Crippen molar-refractivity contribution in [3.8, 4) is 0 Å². The van der Waals surface area contributed by atoms with Crippen LogP contribution in [-0.4, -0.2) is 58.9 Å². The summed E-state index contributed by atoms with van der Waals surface area (Å²) < 4.78 is 7.19. The fraction of sp³-hybridized carbons (Fsp3) is 0.464. The van der Waals surface area contributed by atoms with Crippen LogP contribution in [0.5, 0.6) is 0 Å². The molecule has 3 heterocycles. The topological polar surface area (TPSA) is 75.9 Å². The molecule has 1 atom stereocenters. The van der Waals surface area contributed by atoms with Crippen LogP contribution in [0.1, 0.15) is 60.8 Å². The van der Waals surface area contributed by atoms with E-state index >= 15 is 0 Å². The molecule has 1 aromatic carbocycles. The van der Waals surface area contributed by atoms with Gasteiger partial charge in [0.2, 0.25) is 5.91 Å². The largest absolute Gasteiger partial charge is 0.381 e. The van der Waals surface area contributed by atoms with Gasteiger partial charge in [0.15, 0.2) is 0 Å². The highest BCUT2D eigenvalue weighted by molar-refractivity contribution is 5.93. The SMILES string of the molecule is COC1CCN(C(=O)Cc2cn3c(C(=O)NCC(CC(C)C)c4ccccc4)cccc3n2)CC1. The summed E-state index contributed by atoms with van der Waals surface area (Å²) in [5, 5.41) is 3.13. The van der Waals surface area contributed by atoms with Crippen molar-refractivity contribution in [3.05, 3.63) is 71.7 Å². The molecule has 0 spiro atoms. The lowest BCUT2D eigenvalue weighted by molar-refractivity contribution is -0.132. The predicted octanol–water partition coefficient (Wildman–Crippen LogP) is 4.07. The van der Waals surface area contributed by atoms with E-state index in [0.29, 0.717) is 42.6 Å². The van der Waals surface area contributed by atoms with Crippen LogP contribution in [0.2, 0.25) is 0 Å². The monoisotopic (exact) mass is 476 g/mol. The summed E-state index contributed by atoms with van der Waals surface area (Å²) >= 11 is 0. The van der Waals surface area contributed by atoms with E-state index in [0.717, 1.165) is 19.3 Å². The molecule has 1 aliphatic heterocycles. The fourth-order valence-electron chi connectivity index (χ4n) is 4.88. The van der Waals surface area contributed by atoms with E-state index in [-0.39, 0.29) is 30.3 Å². The van der Waals surface area contributed by atoms with Gasteiger partial charge in [-0.05, 0) is 42.9 Å². The molecule has 1 fully saturated rings. The van der Waals surface area contributed by atoms with Crippen LogP contribution in [0.15, 0.2) is 54.7 Å². The number of ether oxygens (including phenoxy) is 1. The van der Waals surface area contributed by atoms with Crippen LogP contribution in [0, 0.1) is 5.92 Å². The second kappa shape index (κ2) is 11.5.